The summed E-state index contributed by atoms with van der Waals surface area (Å²) >= 11 is 0. The van der Waals surface area contributed by atoms with Crippen LogP contribution in [-0.4, -0.2) is 30.2 Å². The second-order valence-corrected chi connectivity index (χ2v) is 5.19. The lowest BCUT2D eigenvalue weighted by molar-refractivity contribution is 0.104. The number of hydrogen-bond donors (Lipinski definition) is 1. The molecule has 0 saturated heterocycles. The molecular weight excluding hydrogens is 322 g/mol. The van der Waals surface area contributed by atoms with E-state index in [1.807, 2.05) is 0 Å². The van der Waals surface area contributed by atoms with Crippen LogP contribution < -0.4 is 10.1 Å². The first-order valence-corrected chi connectivity index (χ1v) is 7.75. The van der Waals surface area contributed by atoms with E-state index in [0.717, 1.165) is 4.90 Å². The van der Waals surface area contributed by atoms with Crippen LogP contribution in [-0.2, 0) is 4.74 Å². The normalized spacial score (nSPS) is 16.8. The third kappa shape index (κ3) is 3.63. The third-order valence-electron chi connectivity index (χ3n) is 3.60. The molecule has 0 aliphatic carbocycles. The number of nitrogens with one attached hydrogen (secondary N) is 1. The van der Waals surface area contributed by atoms with E-state index in [0.29, 0.717) is 17.0 Å². The lowest BCUT2D eigenvalue weighted by atomic mass is 9.94. The molecule has 1 N–H and O–H groups in total. The average molecular weight is 341 g/mol. The van der Waals surface area contributed by atoms with Crippen molar-refractivity contribution in [2.45, 2.75) is 19.9 Å². The number of carbonyl (C=O) groups is 2. The molecule has 1 unspecified atom stereocenters. The number of nitriles is 1. The highest BCUT2D eigenvalue weighted by Gasteiger charge is 2.41. The molecule has 3 amide bonds. The fourth-order valence-electron chi connectivity index (χ4n) is 2.55. The maximum atomic E-state index is 12.4. The number of amides is 3. The summed E-state index contributed by atoms with van der Waals surface area (Å²) in [5, 5.41) is 12.1. The second-order valence-electron chi connectivity index (χ2n) is 5.19. The molecule has 0 fully saturated rings. The van der Waals surface area contributed by atoms with Gasteiger partial charge in [-0.1, -0.05) is 30.9 Å². The summed E-state index contributed by atoms with van der Waals surface area (Å²) in [6, 6.07) is 7.41. The standard InChI is InChI=1S/C18H19N3O4/c1-4-10-25-15-9-7-6-8-13(15)16-14(11-19)12(3)20-17(22)21(16)18(23)24-5-2/h4,6-9,16H,1,5,10H2,2-3H3,(H,20,22). The van der Waals surface area contributed by atoms with Crippen molar-refractivity contribution >= 4 is 12.1 Å². The van der Waals surface area contributed by atoms with Crippen LogP contribution in [0.4, 0.5) is 9.59 Å². The van der Waals surface area contributed by atoms with Crippen molar-refractivity contribution in [3.8, 4) is 11.8 Å². The number of hydrogen-bond acceptors (Lipinski definition) is 5. The highest BCUT2D eigenvalue weighted by Crippen LogP contribution is 2.38. The summed E-state index contributed by atoms with van der Waals surface area (Å²) in [5.41, 5.74) is 1.14. The molecule has 2 rings (SSSR count). The van der Waals surface area contributed by atoms with Crippen LogP contribution in [0, 0.1) is 11.3 Å². The predicted octanol–water partition coefficient (Wildman–Crippen LogP) is 3.27. The highest BCUT2D eigenvalue weighted by atomic mass is 16.6. The van der Waals surface area contributed by atoms with Crippen LogP contribution >= 0.6 is 0 Å². The predicted molar refractivity (Wildman–Crippen MR) is 90.6 cm³/mol. The van der Waals surface area contributed by atoms with Gasteiger partial charge in [0.1, 0.15) is 18.4 Å². The van der Waals surface area contributed by atoms with E-state index in [4.69, 9.17) is 9.47 Å². The van der Waals surface area contributed by atoms with E-state index >= 15 is 0 Å². The Bertz CT molecular complexity index is 764. The maximum absolute atomic E-state index is 12.4. The highest BCUT2D eigenvalue weighted by molar-refractivity contribution is 5.94. The van der Waals surface area contributed by atoms with Crippen LogP contribution in [0.2, 0.25) is 0 Å². The fourth-order valence-corrected chi connectivity index (χ4v) is 2.55. The van der Waals surface area contributed by atoms with Crippen molar-refractivity contribution in [1.29, 1.82) is 5.26 Å². The molecule has 25 heavy (non-hydrogen) atoms. The summed E-state index contributed by atoms with van der Waals surface area (Å²) in [5.74, 6) is 0.456. The number of nitrogens with zero attached hydrogens (tertiary/aromatic N) is 2. The van der Waals surface area contributed by atoms with Gasteiger partial charge in [0.15, 0.2) is 0 Å². The van der Waals surface area contributed by atoms with Gasteiger partial charge in [-0.3, -0.25) is 0 Å². The SMILES string of the molecule is C=CCOc1ccccc1C1C(C#N)=C(C)NC(=O)N1C(=O)OCC. The number of benzene rings is 1. The number of rotatable bonds is 5. The molecule has 7 nitrogen and oxygen atoms in total. The Labute approximate surface area is 146 Å². The molecule has 1 aliphatic heterocycles. The van der Waals surface area contributed by atoms with Crippen molar-refractivity contribution in [1.82, 2.24) is 10.2 Å². The summed E-state index contributed by atoms with van der Waals surface area (Å²) in [7, 11) is 0. The molecule has 1 aromatic rings. The Morgan fingerprint density at radius 1 is 1.48 bits per heavy atom. The van der Waals surface area contributed by atoms with Gasteiger partial charge in [-0.25, -0.2) is 14.5 Å². The van der Waals surface area contributed by atoms with Crippen LogP contribution in [0.25, 0.3) is 0 Å². The van der Waals surface area contributed by atoms with Crippen molar-refractivity contribution in [2.75, 3.05) is 13.2 Å². The molecule has 0 aromatic heterocycles. The molecule has 0 spiro atoms. The quantitative estimate of drug-likeness (QED) is 0.830. The van der Waals surface area contributed by atoms with Gasteiger partial charge in [0, 0.05) is 11.3 Å². The molecular formula is C18H19N3O4. The first-order valence-electron chi connectivity index (χ1n) is 7.75. The first-order chi connectivity index (χ1) is 12.0. The Hall–Kier alpha value is -3.27. The van der Waals surface area contributed by atoms with Gasteiger partial charge >= 0.3 is 12.1 Å². The van der Waals surface area contributed by atoms with Crippen molar-refractivity contribution in [3.63, 3.8) is 0 Å². The lowest BCUT2D eigenvalue weighted by Crippen LogP contribution is -2.50. The van der Waals surface area contributed by atoms with Crippen LogP contribution in [0.3, 0.4) is 0 Å². The zero-order valence-corrected chi connectivity index (χ0v) is 14.1. The monoisotopic (exact) mass is 341 g/mol. The molecule has 7 heteroatoms. The Morgan fingerprint density at radius 2 is 2.20 bits per heavy atom. The molecule has 1 aliphatic rings. The number of allylic oxidation sites excluding steroid dienone is 1. The van der Waals surface area contributed by atoms with Gasteiger partial charge < -0.3 is 14.8 Å². The molecule has 0 radical (unpaired) electrons. The van der Waals surface area contributed by atoms with Crippen LogP contribution in [0.5, 0.6) is 5.75 Å². The van der Waals surface area contributed by atoms with E-state index in [2.05, 4.69) is 18.0 Å². The number of para-hydroxylation sites is 1. The Balaban J connectivity index is 2.60. The fraction of sp³-hybridized carbons (Fsp3) is 0.278. The average Bonchev–Trinajstić information content (AvgIpc) is 2.59. The molecule has 1 aromatic carbocycles. The van der Waals surface area contributed by atoms with E-state index in [1.54, 1.807) is 44.2 Å². The van der Waals surface area contributed by atoms with Gasteiger partial charge in [-0.05, 0) is 19.9 Å². The van der Waals surface area contributed by atoms with E-state index < -0.39 is 18.2 Å². The Kier molecular flexibility index (Phi) is 5.79. The molecule has 0 saturated carbocycles. The number of urea groups is 1. The lowest BCUT2D eigenvalue weighted by Gasteiger charge is -2.34. The largest absolute Gasteiger partial charge is 0.489 e. The second kappa shape index (κ2) is 8.02. The van der Waals surface area contributed by atoms with Crippen molar-refractivity contribution in [2.24, 2.45) is 0 Å². The number of carbonyl (C=O) groups excluding carboxylic acids is 2. The topological polar surface area (TPSA) is 91.7 Å². The van der Waals surface area contributed by atoms with Gasteiger partial charge in [-0.2, -0.15) is 5.26 Å². The summed E-state index contributed by atoms with van der Waals surface area (Å²) in [6.45, 7) is 7.21. The summed E-state index contributed by atoms with van der Waals surface area (Å²) in [6.07, 6.45) is 0.753. The van der Waals surface area contributed by atoms with Gasteiger partial charge in [0.25, 0.3) is 0 Å². The van der Waals surface area contributed by atoms with E-state index in [1.165, 1.54) is 0 Å². The number of imide groups is 1. The van der Waals surface area contributed by atoms with Crippen molar-refractivity contribution < 1.29 is 19.1 Å². The van der Waals surface area contributed by atoms with Crippen LogP contribution in [0.1, 0.15) is 25.5 Å². The summed E-state index contributed by atoms with van der Waals surface area (Å²) in [4.78, 5) is 25.6. The minimum Gasteiger partial charge on any atom is -0.489 e. The summed E-state index contributed by atoms with van der Waals surface area (Å²) < 4.78 is 10.6. The smallest absolute Gasteiger partial charge is 0.418 e. The molecule has 130 valence electrons. The Morgan fingerprint density at radius 3 is 2.84 bits per heavy atom. The molecule has 1 atom stereocenters. The van der Waals surface area contributed by atoms with Gasteiger partial charge in [0.05, 0.1) is 18.2 Å². The zero-order valence-electron chi connectivity index (χ0n) is 14.1. The third-order valence-corrected chi connectivity index (χ3v) is 3.60. The van der Waals surface area contributed by atoms with Crippen LogP contribution in [0.15, 0.2) is 48.2 Å². The molecule has 1 heterocycles. The minimum atomic E-state index is -0.932. The van der Waals surface area contributed by atoms with Crippen molar-refractivity contribution in [3.05, 3.63) is 53.8 Å². The number of ether oxygens (including phenoxy) is 2. The maximum Gasteiger partial charge on any atom is 0.418 e. The van der Waals surface area contributed by atoms with Gasteiger partial charge in [-0.15, -0.1) is 0 Å². The molecule has 0 bridgehead atoms. The zero-order chi connectivity index (χ0) is 18.4. The van der Waals surface area contributed by atoms with E-state index in [9.17, 15) is 14.9 Å². The van der Waals surface area contributed by atoms with Gasteiger partial charge in [0.2, 0.25) is 0 Å². The van der Waals surface area contributed by atoms with E-state index in [-0.39, 0.29) is 18.8 Å². The minimum absolute atomic E-state index is 0.106. The first kappa shape index (κ1) is 18.1.